The quantitative estimate of drug-likeness (QED) is 0.494. The molecule has 0 unspecified atom stereocenters. The van der Waals surface area contributed by atoms with Crippen LogP contribution < -0.4 is 5.32 Å². The topological polar surface area (TPSA) is 108 Å². The Kier molecular flexibility index (Phi) is 5.51. The van der Waals surface area contributed by atoms with E-state index in [0.717, 1.165) is 5.56 Å². The van der Waals surface area contributed by atoms with Crippen molar-refractivity contribution in [2.75, 3.05) is 5.32 Å². The molecule has 3 aromatic rings. The van der Waals surface area contributed by atoms with Gasteiger partial charge in [0.25, 0.3) is 0 Å². The molecular weight excluding hydrogens is 372 g/mol. The SMILES string of the molecule is Cc1nn(CCC(=O)Nc2ccn(Cc3ccccc3Cl)n2)cc1[N+](=O)[O-]. The molecule has 2 aromatic heterocycles. The molecule has 0 saturated carbocycles. The molecule has 1 amide bonds. The zero-order valence-electron chi connectivity index (χ0n) is 14.5. The first-order chi connectivity index (χ1) is 12.9. The molecule has 140 valence electrons. The van der Waals surface area contributed by atoms with Crippen LogP contribution in [-0.4, -0.2) is 30.4 Å². The van der Waals surface area contributed by atoms with Crippen molar-refractivity contribution in [3.05, 3.63) is 69.1 Å². The number of aryl methyl sites for hydroxylation is 2. The van der Waals surface area contributed by atoms with E-state index < -0.39 is 4.92 Å². The highest BCUT2D eigenvalue weighted by Crippen LogP contribution is 2.17. The number of rotatable bonds is 7. The van der Waals surface area contributed by atoms with Gasteiger partial charge in [0.05, 0.1) is 11.5 Å². The number of nitrogens with one attached hydrogen (secondary N) is 1. The predicted molar refractivity (Wildman–Crippen MR) is 99.6 cm³/mol. The summed E-state index contributed by atoms with van der Waals surface area (Å²) in [5.74, 6) is 0.170. The van der Waals surface area contributed by atoms with Crippen molar-refractivity contribution in [2.45, 2.75) is 26.4 Å². The van der Waals surface area contributed by atoms with E-state index in [1.807, 2.05) is 24.3 Å². The summed E-state index contributed by atoms with van der Waals surface area (Å²) in [6.07, 6.45) is 3.19. The first-order valence-corrected chi connectivity index (χ1v) is 8.55. The highest BCUT2D eigenvalue weighted by atomic mass is 35.5. The highest BCUT2D eigenvalue weighted by molar-refractivity contribution is 6.31. The van der Waals surface area contributed by atoms with Crippen molar-refractivity contribution >= 4 is 29.0 Å². The van der Waals surface area contributed by atoms with Crippen LogP contribution >= 0.6 is 11.6 Å². The van der Waals surface area contributed by atoms with E-state index in [-0.39, 0.29) is 24.6 Å². The number of amides is 1. The second-order valence-electron chi connectivity index (χ2n) is 5.91. The van der Waals surface area contributed by atoms with Crippen LogP contribution in [0.15, 0.2) is 42.7 Å². The zero-order chi connectivity index (χ0) is 19.4. The minimum atomic E-state index is -0.495. The van der Waals surface area contributed by atoms with Crippen molar-refractivity contribution < 1.29 is 9.72 Å². The number of anilines is 1. The van der Waals surface area contributed by atoms with Gasteiger partial charge >= 0.3 is 5.69 Å². The van der Waals surface area contributed by atoms with E-state index in [2.05, 4.69) is 15.5 Å². The number of nitrogens with zero attached hydrogens (tertiary/aromatic N) is 5. The molecule has 0 saturated heterocycles. The van der Waals surface area contributed by atoms with Crippen LogP contribution in [0.2, 0.25) is 5.02 Å². The summed E-state index contributed by atoms with van der Waals surface area (Å²) in [5.41, 5.74) is 1.18. The first-order valence-electron chi connectivity index (χ1n) is 8.17. The second-order valence-corrected chi connectivity index (χ2v) is 6.32. The van der Waals surface area contributed by atoms with E-state index >= 15 is 0 Å². The van der Waals surface area contributed by atoms with Gasteiger partial charge in [-0.2, -0.15) is 10.2 Å². The van der Waals surface area contributed by atoms with E-state index in [1.54, 1.807) is 23.9 Å². The van der Waals surface area contributed by atoms with Crippen molar-refractivity contribution in [3.63, 3.8) is 0 Å². The standard InChI is InChI=1S/C17H17ClN6O3/c1-12-15(24(26)27)11-23(20-12)9-7-17(25)19-16-6-8-22(21-16)10-13-4-2-3-5-14(13)18/h2-6,8,11H,7,9-10H2,1H3,(H,19,21,25). The molecule has 0 aliphatic carbocycles. The second kappa shape index (κ2) is 8.00. The monoisotopic (exact) mass is 388 g/mol. The molecule has 3 rings (SSSR count). The molecule has 10 heteroatoms. The fourth-order valence-electron chi connectivity index (χ4n) is 2.54. The fraction of sp³-hybridized carbons (Fsp3) is 0.235. The summed E-state index contributed by atoms with van der Waals surface area (Å²) in [4.78, 5) is 22.4. The third kappa shape index (κ3) is 4.70. The van der Waals surface area contributed by atoms with Crippen LogP contribution in [0.5, 0.6) is 0 Å². The molecule has 9 nitrogen and oxygen atoms in total. The van der Waals surface area contributed by atoms with Crippen molar-refractivity contribution in [3.8, 4) is 0 Å². The summed E-state index contributed by atoms with van der Waals surface area (Å²) >= 11 is 6.14. The van der Waals surface area contributed by atoms with E-state index in [0.29, 0.717) is 23.1 Å². The average Bonchev–Trinajstić information content (AvgIpc) is 3.21. The van der Waals surface area contributed by atoms with Crippen molar-refractivity contribution in [1.82, 2.24) is 19.6 Å². The summed E-state index contributed by atoms with van der Waals surface area (Å²) in [6, 6.07) is 9.17. The van der Waals surface area contributed by atoms with Crippen LogP contribution in [0.25, 0.3) is 0 Å². The van der Waals surface area contributed by atoms with Gasteiger partial charge in [-0.1, -0.05) is 29.8 Å². The van der Waals surface area contributed by atoms with Gasteiger partial charge in [-0.25, -0.2) is 0 Å². The smallest absolute Gasteiger partial charge is 0.309 e. The lowest BCUT2D eigenvalue weighted by Crippen LogP contribution is -2.15. The Morgan fingerprint density at radius 3 is 2.74 bits per heavy atom. The van der Waals surface area contributed by atoms with Gasteiger partial charge in [-0.15, -0.1) is 0 Å². The molecule has 27 heavy (non-hydrogen) atoms. The Balaban J connectivity index is 1.54. The van der Waals surface area contributed by atoms with Crippen LogP contribution in [-0.2, 0) is 17.9 Å². The molecule has 0 bridgehead atoms. The van der Waals surface area contributed by atoms with Gasteiger partial charge in [0.2, 0.25) is 5.91 Å². The van der Waals surface area contributed by atoms with Crippen LogP contribution in [0.1, 0.15) is 17.7 Å². The van der Waals surface area contributed by atoms with Crippen LogP contribution in [0.4, 0.5) is 11.5 Å². The summed E-state index contributed by atoms with van der Waals surface area (Å²) in [7, 11) is 0. The number of nitro groups is 1. The molecule has 0 fully saturated rings. The third-order valence-electron chi connectivity index (χ3n) is 3.88. The Bertz CT molecular complexity index is 981. The minimum absolute atomic E-state index is 0.0614. The van der Waals surface area contributed by atoms with Crippen molar-refractivity contribution in [1.29, 1.82) is 0 Å². The van der Waals surface area contributed by atoms with Gasteiger partial charge in [0, 0.05) is 30.3 Å². The molecule has 0 aliphatic heterocycles. The molecule has 0 spiro atoms. The van der Waals surface area contributed by atoms with E-state index in [1.165, 1.54) is 10.9 Å². The van der Waals surface area contributed by atoms with Gasteiger partial charge in [-0.05, 0) is 18.6 Å². The van der Waals surface area contributed by atoms with E-state index in [4.69, 9.17) is 11.6 Å². The lowest BCUT2D eigenvalue weighted by molar-refractivity contribution is -0.385. The lowest BCUT2D eigenvalue weighted by Gasteiger charge is -2.05. The molecule has 0 radical (unpaired) electrons. The molecule has 0 atom stereocenters. The number of carbonyl (C=O) groups excluding carboxylic acids is 1. The van der Waals surface area contributed by atoms with Gasteiger partial charge in [0.15, 0.2) is 5.82 Å². The number of hydrogen-bond acceptors (Lipinski definition) is 5. The third-order valence-corrected chi connectivity index (χ3v) is 4.25. The van der Waals surface area contributed by atoms with Crippen molar-refractivity contribution in [2.24, 2.45) is 0 Å². The predicted octanol–water partition coefficient (Wildman–Crippen LogP) is 3.03. The van der Waals surface area contributed by atoms with Gasteiger partial charge in [-0.3, -0.25) is 24.3 Å². The summed E-state index contributed by atoms with van der Waals surface area (Å²) in [5, 5.41) is 22.5. The first kappa shape index (κ1) is 18.6. The largest absolute Gasteiger partial charge is 0.309 e. The highest BCUT2D eigenvalue weighted by Gasteiger charge is 2.16. The molecule has 1 N–H and O–H groups in total. The average molecular weight is 389 g/mol. The maximum atomic E-state index is 12.1. The number of benzene rings is 1. The Morgan fingerprint density at radius 2 is 2.04 bits per heavy atom. The van der Waals surface area contributed by atoms with Crippen LogP contribution in [0.3, 0.4) is 0 Å². The maximum absolute atomic E-state index is 12.1. The fourth-order valence-corrected chi connectivity index (χ4v) is 2.74. The molecular formula is C17H17ClN6O3. The Morgan fingerprint density at radius 1 is 1.26 bits per heavy atom. The normalized spacial score (nSPS) is 10.7. The minimum Gasteiger partial charge on any atom is -0.309 e. The Hall–Kier alpha value is -3.20. The maximum Gasteiger partial charge on any atom is 0.309 e. The lowest BCUT2D eigenvalue weighted by atomic mass is 10.2. The molecule has 2 heterocycles. The number of hydrogen-bond donors (Lipinski definition) is 1. The van der Waals surface area contributed by atoms with Gasteiger partial charge in [0.1, 0.15) is 11.9 Å². The van der Waals surface area contributed by atoms with Crippen LogP contribution in [0, 0.1) is 17.0 Å². The van der Waals surface area contributed by atoms with E-state index in [9.17, 15) is 14.9 Å². The number of aromatic nitrogens is 4. The molecule has 0 aliphatic rings. The summed E-state index contributed by atoms with van der Waals surface area (Å²) < 4.78 is 3.07. The summed E-state index contributed by atoms with van der Waals surface area (Å²) in [6.45, 7) is 2.28. The zero-order valence-corrected chi connectivity index (χ0v) is 15.3. The van der Waals surface area contributed by atoms with Gasteiger partial charge < -0.3 is 5.32 Å². The number of carbonyl (C=O) groups is 1. The number of halogens is 1. The molecule has 1 aromatic carbocycles. The Labute approximate surface area is 159 Å².